The maximum absolute atomic E-state index is 10.6. The van der Waals surface area contributed by atoms with Gasteiger partial charge in [-0.2, -0.15) is 0 Å². The first kappa shape index (κ1) is 14.6. The second-order valence-corrected chi connectivity index (χ2v) is 3.74. The summed E-state index contributed by atoms with van der Waals surface area (Å²) in [6.45, 7) is 1.20. The third kappa shape index (κ3) is 4.36. The number of hydrogen-bond acceptors (Lipinski definition) is 4. The summed E-state index contributed by atoms with van der Waals surface area (Å²) >= 11 is 0. The predicted octanol–water partition coefficient (Wildman–Crippen LogP) is 1.38. The fraction of sp³-hybridized carbons (Fsp3) is 0.154. The summed E-state index contributed by atoms with van der Waals surface area (Å²) in [6.07, 6.45) is 0.134. The minimum absolute atomic E-state index is 0.221. The predicted molar refractivity (Wildman–Crippen MR) is 68.0 cm³/mol. The third-order valence-electron chi connectivity index (χ3n) is 2.19. The minimum Gasteiger partial charge on any atom is -0.479 e. The van der Waals surface area contributed by atoms with Gasteiger partial charge in [-0.25, -0.2) is 9.59 Å². The maximum Gasteiger partial charge on any atom is 0.337 e. The van der Waals surface area contributed by atoms with Gasteiger partial charge < -0.3 is 15.3 Å². The van der Waals surface area contributed by atoms with Crippen molar-refractivity contribution < 1.29 is 24.9 Å². The van der Waals surface area contributed by atoms with Crippen molar-refractivity contribution in [1.82, 2.24) is 4.98 Å². The van der Waals surface area contributed by atoms with E-state index in [1.165, 1.54) is 13.1 Å². The largest absolute Gasteiger partial charge is 0.479 e. The summed E-state index contributed by atoms with van der Waals surface area (Å²) in [5, 5.41) is 25.3. The Balaban J connectivity index is 0.000000258. The molecular formula is C13H13NO5. The van der Waals surface area contributed by atoms with Crippen LogP contribution in [0.3, 0.4) is 0 Å². The van der Waals surface area contributed by atoms with Crippen molar-refractivity contribution in [2.24, 2.45) is 0 Å². The highest BCUT2D eigenvalue weighted by Crippen LogP contribution is 2.12. The number of nitrogens with zero attached hydrogens (tertiary/aromatic N) is 1. The Labute approximate surface area is 109 Å². The molecular weight excluding hydrogens is 250 g/mol. The van der Waals surface area contributed by atoms with E-state index in [4.69, 9.17) is 15.3 Å². The van der Waals surface area contributed by atoms with Crippen LogP contribution in [-0.4, -0.2) is 38.3 Å². The minimum atomic E-state index is -1.23. The van der Waals surface area contributed by atoms with Crippen LogP contribution in [0.15, 0.2) is 36.5 Å². The summed E-state index contributed by atoms with van der Waals surface area (Å²) in [6, 6.07) is 9.03. The second-order valence-electron chi connectivity index (χ2n) is 3.74. The second kappa shape index (κ2) is 6.46. The molecule has 1 heterocycles. The van der Waals surface area contributed by atoms with Crippen LogP contribution in [0.4, 0.5) is 0 Å². The molecule has 0 saturated carbocycles. The molecule has 0 aliphatic heterocycles. The summed E-state index contributed by atoms with van der Waals surface area (Å²) in [7, 11) is 0. The first-order valence-corrected chi connectivity index (χ1v) is 5.40. The molecule has 0 saturated heterocycles. The lowest BCUT2D eigenvalue weighted by Crippen LogP contribution is -2.13. The van der Waals surface area contributed by atoms with Crippen LogP contribution in [0.2, 0.25) is 0 Å². The molecule has 6 heteroatoms. The number of para-hydroxylation sites is 1. The van der Waals surface area contributed by atoms with E-state index in [0.717, 1.165) is 10.9 Å². The van der Waals surface area contributed by atoms with Crippen LogP contribution in [0.1, 0.15) is 17.3 Å². The maximum atomic E-state index is 10.6. The summed E-state index contributed by atoms with van der Waals surface area (Å²) in [5.74, 6) is -2.13. The molecule has 3 N–H and O–H groups in total. The van der Waals surface area contributed by atoms with E-state index < -0.39 is 18.0 Å². The number of aliphatic carboxylic acids is 1. The van der Waals surface area contributed by atoms with E-state index in [0.29, 0.717) is 0 Å². The van der Waals surface area contributed by atoms with Gasteiger partial charge in [0.05, 0.1) is 11.1 Å². The van der Waals surface area contributed by atoms with E-state index >= 15 is 0 Å². The normalized spacial score (nSPS) is 11.3. The number of carboxylic acids is 2. The number of pyridine rings is 1. The Morgan fingerprint density at radius 1 is 1.21 bits per heavy atom. The standard InChI is InChI=1S/C10H7NO2.C3H6O3/c12-10(13)8-5-7-3-1-2-4-9(7)11-6-8;1-2(4)3(5)6/h1-6H,(H,12,13);2,4H,1H3,(H,5,6). The average molecular weight is 263 g/mol. The van der Waals surface area contributed by atoms with Gasteiger partial charge in [0.1, 0.15) is 6.10 Å². The van der Waals surface area contributed by atoms with Crippen LogP contribution >= 0.6 is 0 Å². The molecule has 1 aromatic carbocycles. The molecule has 0 aliphatic rings. The highest BCUT2D eigenvalue weighted by atomic mass is 16.4. The van der Waals surface area contributed by atoms with Gasteiger partial charge in [-0.3, -0.25) is 4.98 Å². The summed E-state index contributed by atoms with van der Waals surface area (Å²) < 4.78 is 0. The van der Waals surface area contributed by atoms with Gasteiger partial charge in [-0.1, -0.05) is 18.2 Å². The quantitative estimate of drug-likeness (QED) is 0.755. The van der Waals surface area contributed by atoms with Gasteiger partial charge in [0.15, 0.2) is 0 Å². The topological polar surface area (TPSA) is 108 Å². The Kier molecular flexibility index (Phi) is 4.96. The fourth-order valence-corrected chi connectivity index (χ4v) is 1.19. The zero-order chi connectivity index (χ0) is 14.4. The van der Waals surface area contributed by atoms with Crippen LogP contribution in [-0.2, 0) is 4.79 Å². The molecule has 1 unspecified atom stereocenters. The first-order valence-electron chi connectivity index (χ1n) is 5.40. The van der Waals surface area contributed by atoms with E-state index in [9.17, 15) is 9.59 Å². The number of rotatable bonds is 2. The van der Waals surface area contributed by atoms with E-state index in [1.54, 1.807) is 6.07 Å². The molecule has 1 atom stereocenters. The molecule has 0 spiro atoms. The monoisotopic (exact) mass is 263 g/mol. The molecule has 0 amide bonds. The average Bonchev–Trinajstić information content (AvgIpc) is 2.38. The number of hydrogen-bond donors (Lipinski definition) is 3. The van der Waals surface area contributed by atoms with E-state index in [2.05, 4.69) is 4.98 Å². The van der Waals surface area contributed by atoms with Gasteiger partial charge in [0, 0.05) is 11.6 Å². The molecule has 2 aromatic rings. The van der Waals surface area contributed by atoms with Gasteiger partial charge in [-0.15, -0.1) is 0 Å². The molecule has 0 aliphatic carbocycles. The number of fused-ring (bicyclic) bond motifs is 1. The zero-order valence-corrected chi connectivity index (χ0v) is 10.1. The lowest BCUT2D eigenvalue weighted by molar-refractivity contribution is -0.145. The SMILES string of the molecule is CC(O)C(=O)O.O=C(O)c1cnc2ccccc2c1. The van der Waals surface area contributed by atoms with Crippen molar-refractivity contribution in [2.45, 2.75) is 13.0 Å². The Hall–Kier alpha value is -2.47. The molecule has 1 aromatic heterocycles. The van der Waals surface area contributed by atoms with Gasteiger partial charge in [0.2, 0.25) is 0 Å². The number of aliphatic hydroxyl groups excluding tert-OH is 1. The first-order chi connectivity index (χ1) is 8.91. The summed E-state index contributed by atoms with van der Waals surface area (Å²) in [5.41, 5.74) is 1.03. The van der Waals surface area contributed by atoms with Crippen LogP contribution in [0, 0.1) is 0 Å². The number of carbonyl (C=O) groups is 2. The van der Waals surface area contributed by atoms with Crippen LogP contribution in [0.5, 0.6) is 0 Å². The lowest BCUT2D eigenvalue weighted by Gasteiger charge is -1.97. The van der Waals surface area contributed by atoms with E-state index in [1.807, 2.05) is 24.3 Å². The molecule has 100 valence electrons. The molecule has 0 fully saturated rings. The Morgan fingerprint density at radius 2 is 1.79 bits per heavy atom. The molecule has 0 radical (unpaired) electrons. The molecule has 2 rings (SSSR count). The zero-order valence-electron chi connectivity index (χ0n) is 10.1. The summed E-state index contributed by atoms with van der Waals surface area (Å²) in [4.78, 5) is 24.1. The number of aromatic nitrogens is 1. The van der Waals surface area contributed by atoms with E-state index in [-0.39, 0.29) is 5.56 Å². The van der Waals surface area contributed by atoms with Crippen molar-refractivity contribution in [2.75, 3.05) is 0 Å². The molecule has 0 bridgehead atoms. The van der Waals surface area contributed by atoms with Gasteiger partial charge >= 0.3 is 11.9 Å². The van der Waals surface area contributed by atoms with Crippen molar-refractivity contribution in [3.05, 3.63) is 42.1 Å². The fourth-order valence-electron chi connectivity index (χ4n) is 1.19. The Morgan fingerprint density at radius 3 is 2.32 bits per heavy atom. The van der Waals surface area contributed by atoms with Crippen molar-refractivity contribution in [3.63, 3.8) is 0 Å². The van der Waals surface area contributed by atoms with Gasteiger partial charge in [0.25, 0.3) is 0 Å². The molecule has 6 nitrogen and oxygen atoms in total. The Bertz CT molecular complexity index is 594. The number of benzene rings is 1. The van der Waals surface area contributed by atoms with Gasteiger partial charge in [-0.05, 0) is 19.1 Å². The van der Waals surface area contributed by atoms with Crippen LogP contribution < -0.4 is 0 Å². The highest BCUT2D eigenvalue weighted by Gasteiger charge is 2.03. The van der Waals surface area contributed by atoms with Crippen molar-refractivity contribution in [3.8, 4) is 0 Å². The van der Waals surface area contributed by atoms with Crippen molar-refractivity contribution >= 4 is 22.8 Å². The third-order valence-corrected chi connectivity index (χ3v) is 2.19. The van der Waals surface area contributed by atoms with Crippen molar-refractivity contribution in [1.29, 1.82) is 0 Å². The lowest BCUT2D eigenvalue weighted by atomic mass is 10.2. The number of aromatic carboxylic acids is 1. The van der Waals surface area contributed by atoms with Crippen LogP contribution in [0.25, 0.3) is 10.9 Å². The number of aliphatic hydroxyl groups is 1. The smallest absolute Gasteiger partial charge is 0.337 e. The highest BCUT2D eigenvalue weighted by molar-refractivity contribution is 5.92. The molecule has 19 heavy (non-hydrogen) atoms. The number of carboxylic acid groups (broad SMARTS) is 2.